The summed E-state index contributed by atoms with van der Waals surface area (Å²) in [6.45, 7) is 3.64. The highest BCUT2D eigenvalue weighted by atomic mass is 16.2. The Morgan fingerprint density at radius 2 is 1.79 bits per heavy atom. The van der Waals surface area contributed by atoms with E-state index < -0.39 is 5.91 Å². The van der Waals surface area contributed by atoms with Gasteiger partial charge in [-0.25, -0.2) is 9.97 Å². The van der Waals surface area contributed by atoms with Gasteiger partial charge < -0.3 is 5.32 Å². The van der Waals surface area contributed by atoms with Crippen molar-refractivity contribution in [2.24, 2.45) is 23.7 Å². The first-order chi connectivity index (χ1) is 13.4. The zero-order chi connectivity index (χ0) is 19.6. The number of carbonyl (C=O) groups excluding carboxylic acids is 3. The predicted octanol–water partition coefficient (Wildman–Crippen LogP) is 2.22. The van der Waals surface area contributed by atoms with Crippen LogP contribution in [0, 0.1) is 37.5 Å². The SMILES string of the molecule is Cc1cc(C)c2ccc(NC(=O)CN3C(=O)C4C5CCC(C5)C4C3=O)nc2n1. The summed E-state index contributed by atoms with van der Waals surface area (Å²) in [6.07, 6.45) is 3.04. The van der Waals surface area contributed by atoms with Crippen LogP contribution in [0.3, 0.4) is 0 Å². The fourth-order valence-electron chi connectivity index (χ4n) is 5.45. The van der Waals surface area contributed by atoms with E-state index >= 15 is 0 Å². The number of carbonyl (C=O) groups is 3. The van der Waals surface area contributed by atoms with Gasteiger partial charge >= 0.3 is 0 Å². The minimum absolute atomic E-state index is 0.170. The molecule has 1 N–H and O–H groups in total. The smallest absolute Gasteiger partial charge is 0.245 e. The molecule has 1 saturated heterocycles. The zero-order valence-electron chi connectivity index (χ0n) is 15.9. The van der Waals surface area contributed by atoms with Crippen LogP contribution in [0.2, 0.25) is 0 Å². The monoisotopic (exact) mass is 378 g/mol. The van der Waals surface area contributed by atoms with Crippen LogP contribution in [0.4, 0.5) is 5.82 Å². The minimum Gasteiger partial charge on any atom is -0.309 e. The molecule has 5 rings (SSSR count). The lowest BCUT2D eigenvalue weighted by atomic mass is 9.81. The summed E-state index contributed by atoms with van der Waals surface area (Å²) in [6, 6.07) is 5.57. The first kappa shape index (κ1) is 17.3. The quantitative estimate of drug-likeness (QED) is 0.827. The summed E-state index contributed by atoms with van der Waals surface area (Å²) in [5.41, 5.74) is 2.49. The van der Waals surface area contributed by atoms with E-state index in [1.807, 2.05) is 26.0 Å². The first-order valence-corrected chi connectivity index (χ1v) is 9.82. The van der Waals surface area contributed by atoms with Crippen molar-refractivity contribution in [1.29, 1.82) is 0 Å². The maximum Gasteiger partial charge on any atom is 0.245 e. The summed E-state index contributed by atoms with van der Waals surface area (Å²) in [5, 5.41) is 3.64. The van der Waals surface area contributed by atoms with Crippen molar-refractivity contribution in [3.05, 3.63) is 29.5 Å². The number of fused-ring (bicyclic) bond motifs is 6. The Morgan fingerprint density at radius 3 is 2.46 bits per heavy atom. The van der Waals surface area contributed by atoms with Crippen LogP contribution in [-0.2, 0) is 14.4 Å². The van der Waals surface area contributed by atoms with Crippen LogP contribution in [-0.4, -0.2) is 39.1 Å². The van der Waals surface area contributed by atoms with Gasteiger partial charge in [-0.1, -0.05) is 0 Å². The molecule has 2 saturated carbocycles. The molecule has 4 atom stereocenters. The number of aromatic nitrogens is 2. The number of likely N-dealkylation sites (tertiary alicyclic amines) is 1. The lowest BCUT2D eigenvalue weighted by Gasteiger charge is -2.19. The molecule has 3 fully saturated rings. The highest BCUT2D eigenvalue weighted by Gasteiger charge is 2.60. The highest BCUT2D eigenvalue weighted by molar-refractivity contribution is 6.09. The average molecular weight is 378 g/mol. The van der Waals surface area contributed by atoms with Crippen molar-refractivity contribution in [2.45, 2.75) is 33.1 Å². The second-order valence-electron chi connectivity index (χ2n) is 8.34. The molecule has 3 heterocycles. The molecule has 0 spiro atoms. The molecule has 2 aromatic rings. The van der Waals surface area contributed by atoms with E-state index in [-0.39, 0.29) is 30.2 Å². The summed E-state index contributed by atoms with van der Waals surface area (Å²) < 4.78 is 0. The number of hydrogen-bond donors (Lipinski definition) is 1. The molecular formula is C21H22N4O3. The summed E-state index contributed by atoms with van der Waals surface area (Å²) in [5.74, 6) is -0.146. The predicted molar refractivity (Wildman–Crippen MR) is 102 cm³/mol. The maximum atomic E-state index is 12.7. The van der Waals surface area contributed by atoms with Crippen LogP contribution in [0.25, 0.3) is 11.0 Å². The van der Waals surface area contributed by atoms with Gasteiger partial charge in [-0.15, -0.1) is 0 Å². The van der Waals surface area contributed by atoms with Crippen molar-refractivity contribution >= 4 is 34.6 Å². The molecule has 1 aliphatic heterocycles. The Kier molecular flexibility index (Phi) is 3.76. The molecule has 2 aliphatic carbocycles. The topological polar surface area (TPSA) is 92.3 Å². The molecule has 7 nitrogen and oxygen atoms in total. The molecule has 28 heavy (non-hydrogen) atoms. The first-order valence-electron chi connectivity index (χ1n) is 9.82. The van der Waals surface area contributed by atoms with Gasteiger partial charge in [0.05, 0.1) is 11.8 Å². The largest absolute Gasteiger partial charge is 0.309 e. The van der Waals surface area contributed by atoms with Crippen molar-refractivity contribution in [3.8, 4) is 0 Å². The summed E-state index contributed by atoms with van der Waals surface area (Å²) in [4.78, 5) is 47.9. The van der Waals surface area contributed by atoms with Gasteiger partial charge in [-0.05, 0) is 68.7 Å². The number of nitrogens with zero attached hydrogens (tertiary/aromatic N) is 3. The zero-order valence-corrected chi connectivity index (χ0v) is 15.9. The number of imide groups is 1. The van der Waals surface area contributed by atoms with Gasteiger partial charge in [0.15, 0.2) is 5.65 Å². The number of hydrogen-bond acceptors (Lipinski definition) is 5. The van der Waals surface area contributed by atoms with E-state index in [4.69, 9.17) is 0 Å². The molecule has 2 bridgehead atoms. The van der Waals surface area contributed by atoms with Crippen LogP contribution < -0.4 is 5.32 Å². The van der Waals surface area contributed by atoms with E-state index in [1.165, 1.54) is 0 Å². The van der Waals surface area contributed by atoms with Crippen LogP contribution >= 0.6 is 0 Å². The number of nitrogens with one attached hydrogen (secondary N) is 1. The van der Waals surface area contributed by atoms with Gasteiger partial charge in [0.2, 0.25) is 17.7 Å². The van der Waals surface area contributed by atoms with E-state index in [0.717, 1.165) is 40.8 Å². The Bertz CT molecular complexity index is 1010. The lowest BCUT2D eigenvalue weighted by molar-refractivity contribution is -0.143. The van der Waals surface area contributed by atoms with Crippen molar-refractivity contribution < 1.29 is 14.4 Å². The third-order valence-electron chi connectivity index (χ3n) is 6.60. The Hall–Kier alpha value is -2.83. The van der Waals surface area contributed by atoms with Gasteiger partial charge in [-0.2, -0.15) is 0 Å². The summed E-state index contributed by atoms with van der Waals surface area (Å²) in [7, 11) is 0. The van der Waals surface area contributed by atoms with Gasteiger partial charge in [0.25, 0.3) is 0 Å². The molecule has 3 amide bonds. The highest BCUT2D eigenvalue weighted by Crippen LogP contribution is 2.56. The molecule has 4 unspecified atom stereocenters. The Balaban J connectivity index is 1.32. The fraction of sp³-hybridized carbons (Fsp3) is 0.476. The molecule has 3 aliphatic rings. The van der Waals surface area contributed by atoms with Gasteiger partial charge in [0.1, 0.15) is 12.4 Å². The molecule has 0 aromatic carbocycles. The Morgan fingerprint density at radius 1 is 1.11 bits per heavy atom. The third kappa shape index (κ3) is 2.52. The Labute approximate surface area is 162 Å². The van der Waals surface area contributed by atoms with Crippen molar-refractivity contribution in [1.82, 2.24) is 14.9 Å². The van der Waals surface area contributed by atoms with E-state index in [9.17, 15) is 14.4 Å². The number of amides is 3. The van der Waals surface area contributed by atoms with Crippen molar-refractivity contribution in [2.75, 3.05) is 11.9 Å². The van der Waals surface area contributed by atoms with Crippen molar-refractivity contribution in [3.63, 3.8) is 0 Å². The fourth-order valence-corrected chi connectivity index (χ4v) is 5.45. The van der Waals surface area contributed by atoms with Gasteiger partial charge in [-0.3, -0.25) is 19.3 Å². The molecular weight excluding hydrogens is 356 g/mol. The summed E-state index contributed by atoms with van der Waals surface area (Å²) >= 11 is 0. The van der Waals surface area contributed by atoms with Crippen LogP contribution in [0.1, 0.15) is 30.5 Å². The second kappa shape index (κ2) is 6.09. The van der Waals surface area contributed by atoms with Gasteiger partial charge in [0, 0.05) is 11.1 Å². The lowest BCUT2D eigenvalue weighted by Crippen LogP contribution is -2.39. The second-order valence-corrected chi connectivity index (χ2v) is 8.34. The van der Waals surface area contributed by atoms with Crippen LogP contribution in [0.15, 0.2) is 18.2 Å². The van der Waals surface area contributed by atoms with E-state index in [0.29, 0.717) is 23.3 Å². The third-order valence-corrected chi connectivity index (χ3v) is 6.60. The molecule has 2 aromatic heterocycles. The number of rotatable bonds is 3. The average Bonchev–Trinajstić information content (AvgIpc) is 3.31. The van der Waals surface area contributed by atoms with E-state index in [1.54, 1.807) is 6.07 Å². The van der Waals surface area contributed by atoms with Crippen LogP contribution in [0.5, 0.6) is 0 Å². The normalized spacial score (nSPS) is 28.3. The minimum atomic E-state index is -0.412. The maximum absolute atomic E-state index is 12.7. The number of aryl methyl sites for hydroxylation is 2. The molecule has 0 radical (unpaired) electrons. The number of anilines is 1. The standard InChI is InChI=1S/C21H22N4O3/c1-10-7-11(2)22-19-14(10)5-6-15(24-19)23-16(26)9-25-20(27)17-12-3-4-13(8-12)18(17)21(25)28/h5-7,12-13,17-18H,3-4,8-9H2,1-2H3,(H,22,23,24,26). The molecule has 144 valence electrons. The number of pyridine rings is 2. The molecule has 7 heteroatoms. The van der Waals surface area contributed by atoms with E-state index in [2.05, 4.69) is 15.3 Å².